The monoisotopic (exact) mass is 454 g/mol. The van der Waals surface area contributed by atoms with Crippen molar-refractivity contribution in [3.8, 4) is 0 Å². The van der Waals surface area contributed by atoms with Crippen LogP contribution < -0.4 is 0 Å². The lowest BCUT2D eigenvalue weighted by atomic mass is 9.40. The van der Waals surface area contributed by atoms with Gasteiger partial charge in [0.15, 0.2) is 0 Å². The minimum absolute atomic E-state index is 0.0960. The average Bonchev–Trinajstić information content (AvgIpc) is 3.12. The molecule has 1 nitrogen and oxygen atoms in total. The first-order chi connectivity index (χ1) is 15.5. The van der Waals surface area contributed by atoms with Gasteiger partial charge in [-0.05, 0) is 141 Å². The van der Waals surface area contributed by atoms with Gasteiger partial charge in [0.05, 0.1) is 6.10 Å². The normalized spacial score (nSPS) is 52.7. The molecule has 0 amide bonds. The van der Waals surface area contributed by atoms with Gasteiger partial charge in [-0.2, -0.15) is 0 Å². The van der Waals surface area contributed by atoms with E-state index in [1.807, 2.05) is 0 Å². The summed E-state index contributed by atoms with van der Waals surface area (Å²) >= 11 is 0. The molecule has 2 spiro atoms. The Morgan fingerprint density at radius 3 is 2.27 bits per heavy atom. The maximum Gasteiger partial charge on any atom is 0.0594 e. The highest BCUT2D eigenvalue weighted by Gasteiger charge is 2.86. The van der Waals surface area contributed by atoms with Crippen LogP contribution in [0.1, 0.15) is 126 Å². The van der Waals surface area contributed by atoms with Crippen molar-refractivity contribution in [2.24, 2.45) is 56.7 Å². The molecule has 5 rings (SSSR count). The van der Waals surface area contributed by atoms with Crippen molar-refractivity contribution >= 4 is 0 Å². The molecule has 0 saturated heterocycles. The van der Waals surface area contributed by atoms with Crippen LogP contribution in [0.25, 0.3) is 0 Å². The summed E-state index contributed by atoms with van der Waals surface area (Å²) in [5.41, 5.74) is 3.79. The lowest BCUT2D eigenvalue weighted by molar-refractivity contribution is -0.168. The second kappa shape index (κ2) is 7.60. The van der Waals surface area contributed by atoms with E-state index in [1.165, 1.54) is 69.8 Å². The summed E-state index contributed by atoms with van der Waals surface area (Å²) in [6, 6.07) is 0. The molecule has 1 N–H and O–H groups in total. The molecule has 0 aromatic carbocycles. The summed E-state index contributed by atoms with van der Waals surface area (Å²) in [4.78, 5) is 0. The maximum atomic E-state index is 11.0. The number of aliphatic hydroxyl groups is 1. The van der Waals surface area contributed by atoms with Gasteiger partial charge in [-0.25, -0.2) is 0 Å². The molecule has 0 heterocycles. The van der Waals surface area contributed by atoms with Crippen molar-refractivity contribution < 1.29 is 5.11 Å². The van der Waals surface area contributed by atoms with E-state index in [-0.39, 0.29) is 11.5 Å². The fraction of sp³-hybridized carbons (Fsp3) is 0.938. The minimum atomic E-state index is -0.0963. The highest BCUT2D eigenvalue weighted by atomic mass is 16.3. The zero-order chi connectivity index (χ0) is 24.0. The fourth-order valence-electron chi connectivity index (χ4n) is 12.4. The number of aliphatic hydroxyl groups excluding tert-OH is 1. The van der Waals surface area contributed by atoms with E-state index in [1.54, 1.807) is 0 Å². The zero-order valence-electron chi connectivity index (χ0n) is 23.3. The second-order valence-corrected chi connectivity index (χ2v) is 14.8. The second-order valence-electron chi connectivity index (χ2n) is 14.8. The van der Waals surface area contributed by atoms with Gasteiger partial charge in [-0.1, -0.05) is 53.2 Å². The third-order valence-electron chi connectivity index (χ3n) is 14.0. The lowest BCUT2D eigenvalue weighted by Gasteiger charge is -2.64. The number of fused-ring (bicyclic) bond motifs is 2. The Bertz CT molecular complexity index is 805. The number of hydrogen-bond acceptors (Lipinski definition) is 1. The number of allylic oxidation sites excluding steroid dienone is 2. The smallest absolute Gasteiger partial charge is 0.0594 e. The van der Waals surface area contributed by atoms with Gasteiger partial charge < -0.3 is 5.11 Å². The molecular weight excluding hydrogens is 400 g/mol. The fourth-order valence-corrected chi connectivity index (χ4v) is 12.4. The van der Waals surface area contributed by atoms with Crippen LogP contribution in [-0.4, -0.2) is 11.2 Å². The molecule has 5 saturated carbocycles. The van der Waals surface area contributed by atoms with Crippen LogP contribution in [0.15, 0.2) is 11.6 Å². The third kappa shape index (κ3) is 2.76. The lowest BCUT2D eigenvalue weighted by Crippen LogP contribution is -2.58. The molecule has 0 bridgehead atoms. The predicted molar refractivity (Wildman–Crippen MR) is 140 cm³/mol. The summed E-state index contributed by atoms with van der Waals surface area (Å²) in [5, 5.41) is 11.0. The Kier molecular flexibility index (Phi) is 5.62. The van der Waals surface area contributed by atoms with Gasteiger partial charge >= 0.3 is 0 Å². The van der Waals surface area contributed by atoms with Crippen molar-refractivity contribution in [1.29, 1.82) is 0 Å². The van der Waals surface area contributed by atoms with Crippen LogP contribution in [0.2, 0.25) is 0 Å². The van der Waals surface area contributed by atoms with E-state index in [0.717, 1.165) is 36.0 Å². The van der Waals surface area contributed by atoms with Crippen LogP contribution >= 0.6 is 0 Å². The first kappa shape index (κ1) is 24.4. The Balaban J connectivity index is 1.47. The van der Waals surface area contributed by atoms with Gasteiger partial charge in [-0.3, -0.25) is 0 Å². The molecule has 188 valence electrons. The molecule has 0 aromatic heterocycles. The van der Waals surface area contributed by atoms with E-state index in [9.17, 15) is 5.11 Å². The van der Waals surface area contributed by atoms with E-state index >= 15 is 0 Å². The Labute approximate surface area is 205 Å². The maximum absolute atomic E-state index is 11.0. The van der Waals surface area contributed by atoms with E-state index < -0.39 is 0 Å². The molecule has 5 aliphatic rings. The molecule has 5 aliphatic carbocycles. The van der Waals surface area contributed by atoms with Crippen molar-refractivity contribution in [3.63, 3.8) is 0 Å². The summed E-state index contributed by atoms with van der Waals surface area (Å²) in [6.45, 7) is 19.9. The molecule has 0 aromatic rings. The molecule has 33 heavy (non-hydrogen) atoms. The largest absolute Gasteiger partial charge is 0.393 e. The van der Waals surface area contributed by atoms with Gasteiger partial charge in [0.2, 0.25) is 0 Å². The summed E-state index contributed by atoms with van der Waals surface area (Å²) in [5.74, 6) is 4.29. The van der Waals surface area contributed by atoms with Crippen LogP contribution in [0.3, 0.4) is 0 Å². The van der Waals surface area contributed by atoms with E-state index in [4.69, 9.17) is 0 Å². The van der Waals surface area contributed by atoms with Crippen LogP contribution in [0.4, 0.5) is 0 Å². The summed E-state index contributed by atoms with van der Waals surface area (Å²) in [7, 11) is 0. The van der Waals surface area contributed by atoms with Gasteiger partial charge in [0.1, 0.15) is 0 Å². The molecule has 1 heteroatoms. The Hall–Kier alpha value is -0.300. The quantitative estimate of drug-likeness (QED) is 0.411. The minimum Gasteiger partial charge on any atom is -0.393 e. The average molecular weight is 455 g/mol. The standard InChI is InChI=1S/C32H54O/c1-9-30-17-15-24(22(4)12-10-11-21(2)3)29(30,8)19-20-32-23(5)31(32)18-16-27(33)28(6,7)25(31)13-14-26(30)32/h11,22-27,33H,9-10,12-20H2,1-8H3/t22-,23?,24-,25+,26+,27+,29?,30+,31+,32-/m1/s1. The Morgan fingerprint density at radius 1 is 0.939 bits per heavy atom. The van der Waals surface area contributed by atoms with Crippen molar-refractivity contribution in [2.75, 3.05) is 0 Å². The SMILES string of the molecule is CC[C@@]12CC[C@H]([C@H](C)CCC=C(C)C)C1(C)CC[C@]13C(C)[C@]14CC[C@H](O)C(C)(C)[C@@H]4CC[C@@H]23. The highest BCUT2D eigenvalue weighted by molar-refractivity contribution is 5.33. The molecule has 0 aliphatic heterocycles. The van der Waals surface area contributed by atoms with Gasteiger partial charge in [0, 0.05) is 0 Å². The first-order valence-electron chi connectivity index (χ1n) is 14.8. The predicted octanol–water partition coefficient (Wildman–Crippen LogP) is 8.81. The molecule has 10 atom stereocenters. The summed E-state index contributed by atoms with van der Waals surface area (Å²) < 4.78 is 0. The molecule has 2 unspecified atom stereocenters. The summed E-state index contributed by atoms with van der Waals surface area (Å²) in [6.07, 6.45) is 17.5. The van der Waals surface area contributed by atoms with Crippen molar-refractivity contribution in [1.82, 2.24) is 0 Å². The Morgan fingerprint density at radius 2 is 1.61 bits per heavy atom. The third-order valence-corrected chi connectivity index (χ3v) is 14.0. The van der Waals surface area contributed by atoms with Gasteiger partial charge in [-0.15, -0.1) is 0 Å². The van der Waals surface area contributed by atoms with E-state index in [2.05, 4.69) is 61.5 Å². The van der Waals surface area contributed by atoms with Crippen LogP contribution in [0.5, 0.6) is 0 Å². The first-order valence-corrected chi connectivity index (χ1v) is 14.8. The molecular formula is C32H54O. The van der Waals surface area contributed by atoms with Gasteiger partial charge in [0.25, 0.3) is 0 Å². The highest BCUT2D eigenvalue weighted by Crippen LogP contribution is 2.91. The van der Waals surface area contributed by atoms with Crippen LogP contribution in [-0.2, 0) is 0 Å². The van der Waals surface area contributed by atoms with E-state index in [0.29, 0.717) is 21.7 Å². The topological polar surface area (TPSA) is 20.2 Å². The van der Waals surface area contributed by atoms with Crippen molar-refractivity contribution in [3.05, 3.63) is 11.6 Å². The number of hydrogen-bond donors (Lipinski definition) is 1. The molecule has 0 radical (unpaired) electrons. The van der Waals surface area contributed by atoms with Crippen molar-refractivity contribution in [2.45, 2.75) is 132 Å². The number of rotatable bonds is 5. The van der Waals surface area contributed by atoms with Crippen LogP contribution in [0, 0.1) is 56.7 Å². The molecule has 5 fully saturated rings. The zero-order valence-corrected chi connectivity index (χ0v) is 23.3.